The molecule has 3 aliphatic heterocycles. The number of hydrogen-bond donors (Lipinski definition) is 1. The molecule has 4 aliphatic rings. The third kappa shape index (κ3) is 5.66. The number of ether oxygens (including phenoxy) is 2. The van der Waals surface area contributed by atoms with Gasteiger partial charge in [0.1, 0.15) is 17.4 Å². The molecule has 234 valence electrons. The molecule has 4 fully saturated rings. The van der Waals surface area contributed by atoms with Crippen LogP contribution in [0, 0.1) is 11.8 Å². The molecule has 0 aromatic heterocycles. The average Bonchev–Trinajstić information content (AvgIpc) is 3.61. The molecule has 1 aromatic rings. The molecule has 1 aliphatic carbocycles. The minimum atomic E-state index is -1.14. The summed E-state index contributed by atoms with van der Waals surface area (Å²) in [7, 11) is 0. The van der Waals surface area contributed by atoms with Crippen LogP contribution in [-0.2, 0) is 19.1 Å². The van der Waals surface area contributed by atoms with Crippen LogP contribution in [-0.4, -0.2) is 94.1 Å². The van der Waals surface area contributed by atoms with E-state index in [9.17, 15) is 19.5 Å². The summed E-state index contributed by atoms with van der Waals surface area (Å²) in [6, 6.07) is 6.49. The van der Waals surface area contributed by atoms with Crippen molar-refractivity contribution in [3.05, 3.63) is 49.6 Å². The fourth-order valence-corrected chi connectivity index (χ4v) is 8.74. The first kappa shape index (κ1) is 31.7. The number of carbonyl (C=O) groups is 3. The predicted octanol–water partition coefficient (Wildman–Crippen LogP) is 4.08. The Morgan fingerprint density at radius 3 is 2.47 bits per heavy atom. The van der Waals surface area contributed by atoms with Gasteiger partial charge in [0.15, 0.2) is 0 Å². The highest BCUT2D eigenvalue weighted by Crippen LogP contribution is 2.60. The van der Waals surface area contributed by atoms with Gasteiger partial charge in [0.05, 0.1) is 24.5 Å². The van der Waals surface area contributed by atoms with Gasteiger partial charge in [-0.15, -0.1) is 13.2 Å². The maximum Gasteiger partial charge on any atom is 0.248 e. The van der Waals surface area contributed by atoms with Gasteiger partial charge in [0.2, 0.25) is 17.7 Å². The Hall–Kier alpha value is -2.69. The Morgan fingerprint density at radius 1 is 1.14 bits per heavy atom. The minimum Gasteiger partial charge on any atom is -0.494 e. The van der Waals surface area contributed by atoms with Gasteiger partial charge >= 0.3 is 0 Å². The van der Waals surface area contributed by atoms with Crippen molar-refractivity contribution >= 4 is 39.3 Å². The highest BCUT2D eigenvalue weighted by Gasteiger charge is 2.77. The molecule has 3 unspecified atom stereocenters. The SMILES string of the molecule is C=CCN(C(=O)[C@H]1[C@H]2C(=O)N(CCCO)C(C(=O)N(CC=C)C3CCCCC3)C23CC(Br)[C@@H]1O3)c1ccc(OCC)cc1. The number of alkyl halides is 1. The van der Waals surface area contributed by atoms with Gasteiger partial charge in [-0.2, -0.15) is 0 Å². The number of anilines is 1. The molecule has 3 saturated heterocycles. The summed E-state index contributed by atoms with van der Waals surface area (Å²) in [6.07, 6.45) is 8.71. The van der Waals surface area contributed by atoms with Crippen molar-refractivity contribution in [2.45, 2.75) is 80.5 Å². The van der Waals surface area contributed by atoms with Gasteiger partial charge < -0.3 is 29.3 Å². The van der Waals surface area contributed by atoms with E-state index in [1.165, 1.54) is 0 Å². The maximum atomic E-state index is 14.6. The summed E-state index contributed by atoms with van der Waals surface area (Å²) in [5.41, 5.74) is -0.476. The highest BCUT2D eigenvalue weighted by atomic mass is 79.9. The number of nitrogens with zero attached hydrogens (tertiary/aromatic N) is 3. The number of aliphatic hydroxyl groups is 1. The molecule has 3 heterocycles. The number of aliphatic hydroxyl groups excluding tert-OH is 1. The van der Waals surface area contributed by atoms with Gasteiger partial charge in [-0.25, -0.2) is 0 Å². The van der Waals surface area contributed by atoms with Gasteiger partial charge in [0, 0.05) is 42.8 Å². The highest BCUT2D eigenvalue weighted by molar-refractivity contribution is 9.09. The lowest BCUT2D eigenvalue weighted by Crippen LogP contribution is -2.59. The summed E-state index contributed by atoms with van der Waals surface area (Å²) < 4.78 is 12.3. The second kappa shape index (κ2) is 13.5. The molecule has 0 radical (unpaired) electrons. The Labute approximate surface area is 263 Å². The van der Waals surface area contributed by atoms with E-state index in [2.05, 4.69) is 29.1 Å². The van der Waals surface area contributed by atoms with Crippen LogP contribution in [0.1, 0.15) is 51.9 Å². The fraction of sp³-hybridized carbons (Fsp3) is 0.606. The second-order valence-corrected chi connectivity index (χ2v) is 13.2. The van der Waals surface area contributed by atoms with Crippen LogP contribution >= 0.6 is 15.9 Å². The topological polar surface area (TPSA) is 99.6 Å². The van der Waals surface area contributed by atoms with Gasteiger partial charge in [0.25, 0.3) is 0 Å². The van der Waals surface area contributed by atoms with Crippen LogP contribution < -0.4 is 9.64 Å². The third-order valence-electron chi connectivity index (χ3n) is 9.53. The van der Waals surface area contributed by atoms with Crippen LogP contribution in [0.3, 0.4) is 0 Å². The van der Waals surface area contributed by atoms with Crippen LogP contribution in [0.15, 0.2) is 49.6 Å². The molecule has 1 saturated carbocycles. The summed E-state index contributed by atoms with van der Waals surface area (Å²) in [5.74, 6) is -1.52. The Bertz CT molecular complexity index is 1200. The first-order valence-electron chi connectivity index (χ1n) is 15.6. The van der Waals surface area contributed by atoms with Crippen LogP contribution in [0.4, 0.5) is 5.69 Å². The molecule has 10 heteroatoms. The zero-order valence-electron chi connectivity index (χ0n) is 25.0. The van der Waals surface area contributed by atoms with Crippen LogP contribution in [0.5, 0.6) is 5.75 Å². The average molecular weight is 659 g/mol. The van der Waals surface area contributed by atoms with E-state index in [4.69, 9.17) is 9.47 Å². The standard InChI is InChI=1S/C33H44BrN3O6/c1-4-17-35(23-13-15-24(16-14-23)42-6-3)30(39)26-27-31(40)37(19-10-20-38)29(33(27)21-25(34)28(26)43-33)32(41)36(18-5-2)22-11-8-7-9-12-22/h4-5,13-16,22,25-29,38H,1-2,6-12,17-21H2,3H3/t25?,26-,27-,28-,29?,33?/m0/s1. The number of amides is 3. The van der Waals surface area contributed by atoms with Crippen molar-refractivity contribution in [1.29, 1.82) is 0 Å². The lowest BCUT2D eigenvalue weighted by atomic mass is 9.70. The molecule has 3 amide bonds. The van der Waals surface area contributed by atoms with Crippen LogP contribution in [0.2, 0.25) is 0 Å². The van der Waals surface area contributed by atoms with Crippen molar-refractivity contribution in [2.24, 2.45) is 11.8 Å². The van der Waals surface area contributed by atoms with E-state index in [1.54, 1.807) is 22.0 Å². The summed E-state index contributed by atoms with van der Waals surface area (Å²) in [5, 5.41) is 9.70. The van der Waals surface area contributed by atoms with Crippen molar-refractivity contribution in [3.63, 3.8) is 0 Å². The molecule has 1 N–H and O–H groups in total. The van der Waals surface area contributed by atoms with Crippen LogP contribution in [0.25, 0.3) is 0 Å². The summed E-state index contributed by atoms with van der Waals surface area (Å²) in [4.78, 5) is 48.4. The molecular weight excluding hydrogens is 614 g/mol. The van der Waals surface area contributed by atoms with Crippen molar-refractivity contribution < 1.29 is 29.0 Å². The fourth-order valence-electron chi connectivity index (χ4n) is 7.80. The summed E-state index contributed by atoms with van der Waals surface area (Å²) in [6.45, 7) is 11.0. The first-order chi connectivity index (χ1) is 20.8. The Balaban J connectivity index is 1.52. The third-order valence-corrected chi connectivity index (χ3v) is 10.4. The number of rotatable bonds is 13. The number of benzene rings is 1. The lowest BCUT2D eigenvalue weighted by molar-refractivity contribution is -0.150. The molecule has 9 nitrogen and oxygen atoms in total. The van der Waals surface area contributed by atoms with E-state index in [1.807, 2.05) is 36.1 Å². The van der Waals surface area contributed by atoms with Crippen molar-refractivity contribution in [2.75, 3.05) is 37.7 Å². The first-order valence-corrected chi connectivity index (χ1v) is 16.5. The Morgan fingerprint density at radius 2 is 1.84 bits per heavy atom. The molecule has 1 aromatic carbocycles. The normalized spacial score (nSPS) is 29.8. The summed E-state index contributed by atoms with van der Waals surface area (Å²) >= 11 is 3.78. The number of halogens is 1. The van der Waals surface area contributed by atoms with E-state index in [-0.39, 0.29) is 48.3 Å². The quantitative estimate of drug-likeness (QED) is 0.254. The number of fused-ring (bicyclic) bond motifs is 1. The number of likely N-dealkylation sites (tertiary alicyclic amines) is 1. The number of hydrogen-bond acceptors (Lipinski definition) is 6. The molecule has 5 rings (SSSR count). The smallest absolute Gasteiger partial charge is 0.248 e. The minimum absolute atomic E-state index is 0.0723. The van der Waals surface area contributed by atoms with E-state index in [0.717, 1.165) is 32.1 Å². The monoisotopic (exact) mass is 657 g/mol. The molecular formula is C33H44BrN3O6. The molecule has 6 atom stereocenters. The number of carbonyl (C=O) groups excluding carboxylic acids is 3. The largest absolute Gasteiger partial charge is 0.494 e. The second-order valence-electron chi connectivity index (χ2n) is 12.0. The predicted molar refractivity (Wildman–Crippen MR) is 168 cm³/mol. The Kier molecular flexibility index (Phi) is 9.98. The van der Waals surface area contributed by atoms with Crippen molar-refractivity contribution in [1.82, 2.24) is 9.80 Å². The molecule has 2 bridgehead atoms. The zero-order chi connectivity index (χ0) is 30.7. The lowest BCUT2D eigenvalue weighted by Gasteiger charge is -2.41. The van der Waals surface area contributed by atoms with Crippen molar-refractivity contribution in [3.8, 4) is 5.75 Å². The van der Waals surface area contributed by atoms with E-state index < -0.39 is 29.6 Å². The van der Waals surface area contributed by atoms with Gasteiger partial charge in [-0.3, -0.25) is 14.4 Å². The van der Waals surface area contributed by atoms with Gasteiger partial charge in [-0.05, 0) is 56.9 Å². The zero-order valence-corrected chi connectivity index (χ0v) is 26.6. The maximum absolute atomic E-state index is 14.6. The van der Waals surface area contributed by atoms with E-state index in [0.29, 0.717) is 37.4 Å². The van der Waals surface area contributed by atoms with E-state index >= 15 is 0 Å². The molecule has 1 spiro atoms. The molecule has 43 heavy (non-hydrogen) atoms. The van der Waals surface area contributed by atoms with Gasteiger partial charge in [-0.1, -0.05) is 47.3 Å².